The number of esters is 1. The lowest BCUT2D eigenvalue weighted by Gasteiger charge is -1.99. The van der Waals surface area contributed by atoms with Gasteiger partial charge in [-0.1, -0.05) is 25.0 Å². The number of hydrogen-bond donors (Lipinski definition) is 1. The van der Waals surface area contributed by atoms with Crippen LogP contribution < -0.4 is 0 Å². The number of ether oxygens (including phenoxy) is 1. The van der Waals surface area contributed by atoms with Crippen molar-refractivity contribution in [3.8, 4) is 0 Å². The van der Waals surface area contributed by atoms with Gasteiger partial charge in [0.25, 0.3) is 0 Å². The maximum Gasteiger partial charge on any atom is 0.336 e. The van der Waals surface area contributed by atoms with Gasteiger partial charge < -0.3 is 9.84 Å². The molecule has 0 saturated heterocycles. The lowest BCUT2D eigenvalue weighted by Crippen LogP contribution is -2.06. The van der Waals surface area contributed by atoms with E-state index in [1.165, 1.54) is 11.6 Å². The van der Waals surface area contributed by atoms with Gasteiger partial charge in [0, 0.05) is 5.57 Å². The molecule has 1 aliphatic heterocycles. The van der Waals surface area contributed by atoms with Crippen LogP contribution >= 0.6 is 0 Å². The molecule has 15 heavy (non-hydrogen) atoms. The summed E-state index contributed by atoms with van der Waals surface area (Å²) in [5, 5.41) is 9.03. The molecule has 0 aromatic rings. The summed E-state index contributed by atoms with van der Waals surface area (Å²) >= 11 is 0. The molecule has 1 atom stereocenters. The molecule has 0 saturated carbocycles. The molecular formula is C12H18O3. The van der Waals surface area contributed by atoms with Crippen LogP contribution in [-0.2, 0) is 9.53 Å². The first-order chi connectivity index (χ1) is 7.13. The molecule has 1 unspecified atom stereocenters. The lowest BCUT2D eigenvalue weighted by molar-refractivity contribution is -0.151. The van der Waals surface area contributed by atoms with E-state index in [-0.39, 0.29) is 5.97 Å². The van der Waals surface area contributed by atoms with Gasteiger partial charge in [-0.2, -0.15) is 0 Å². The second kappa shape index (κ2) is 5.71. The first kappa shape index (κ1) is 12.0. The summed E-state index contributed by atoms with van der Waals surface area (Å²) < 4.78 is 4.58. The summed E-state index contributed by atoms with van der Waals surface area (Å²) in [4.78, 5) is 11.1. The lowest BCUT2D eigenvalue weighted by atomic mass is 10.1. The van der Waals surface area contributed by atoms with E-state index < -0.39 is 6.29 Å². The highest BCUT2D eigenvalue weighted by atomic mass is 16.6. The zero-order valence-corrected chi connectivity index (χ0v) is 9.32. The Morgan fingerprint density at radius 3 is 2.93 bits per heavy atom. The van der Waals surface area contributed by atoms with E-state index in [1.807, 2.05) is 0 Å². The van der Waals surface area contributed by atoms with Crippen LogP contribution in [0.3, 0.4) is 0 Å². The van der Waals surface area contributed by atoms with Crippen LogP contribution in [0.1, 0.15) is 39.5 Å². The Hall–Kier alpha value is -1.09. The van der Waals surface area contributed by atoms with Crippen molar-refractivity contribution in [2.45, 2.75) is 45.8 Å². The third kappa shape index (κ3) is 3.88. The molecule has 0 fully saturated rings. The number of aliphatic hydroxyl groups is 1. The molecule has 0 aromatic carbocycles. The van der Waals surface area contributed by atoms with E-state index in [0.717, 1.165) is 19.3 Å². The Bertz CT molecular complexity index is 289. The van der Waals surface area contributed by atoms with E-state index >= 15 is 0 Å². The van der Waals surface area contributed by atoms with Gasteiger partial charge in [-0.25, -0.2) is 4.79 Å². The van der Waals surface area contributed by atoms with E-state index in [9.17, 15) is 4.79 Å². The minimum atomic E-state index is -1.03. The fourth-order valence-corrected chi connectivity index (χ4v) is 1.62. The number of aliphatic hydroxyl groups excluding tert-OH is 1. The topological polar surface area (TPSA) is 46.5 Å². The average Bonchev–Trinajstić information content (AvgIpc) is 2.46. The van der Waals surface area contributed by atoms with Crippen LogP contribution in [0.2, 0.25) is 0 Å². The molecule has 3 heteroatoms. The van der Waals surface area contributed by atoms with Crippen molar-refractivity contribution in [1.29, 1.82) is 0 Å². The molecular weight excluding hydrogens is 192 g/mol. The van der Waals surface area contributed by atoms with E-state index in [0.29, 0.717) is 12.0 Å². The molecule has 0 radical (unpaired) electrons. The van der Waals surface area contributed by atoms with Gasteiger partial charge >= 0.3 is 5.97 Å². The van der Waals surface area contributed by atoms with Gasteiger partial charge in [-0.3, -0.25) is 0 Å². The van der Waals surface area contributed by atoms with Crippen molar-refractivity contribution >= 4 is 5.97 Å². The van der Waals surface area contributed by atoms with Crippen LogP contribution in [-0.4, -0.2) is 17.4 Å². The van der Waals surface area contributed by atoms with Crippen molar-refractivity contribution in [2.75, 3.05) is 0 Å². The third-order valence-electron chi connectivity index (χ3n) is 2.38. The minimum absolute atomic E-state index is 0.385. The molecule has 3 nitrogen and oxygen atoms in total. The molecule has 1 rings (SSSR count). The van der Waals surface area contributed by atoms with Crippen molar-refractivity contribution in [3.05, 3.63) is 23.3 Å². The normalized spacial score (nSPS) is 21.5. The van der Waals surface area contributed by atoms with Crippen molar-refractivity contribution < 1.29 is 14.6 Å². The number of cyclic esters (lactones) is 1. The SMILES string of the molecule is CCC/C(C)=C/CCC1=CC(O)OC1=O. The molecule has 84 valence electrons. The molecule has 1 aliphatic rings. The molecule has 1 heterocycles. The van der Waals surface area contributed by atoms with Gasteiger partial charge in [0.15, 0.2) is 0 Å². The Morgan fingerprint density at radius 2 is 2.40 bits per heavy atom. The van der Waals surface area contributed by atoms with Crippen molar-refractivity contribution in [1.82, 2.24) is 0 Å². The summed E-state index contributed by atoms with van der Waals surface area (Å²) in [7, 11) is 0. The maximum atomic E-state index is 11.1. The van der Waals surface area contributed by atoms with Gasteiger partial charge in [0.05, 0.1) is 0 Å². The van der Waals surface area contributed by atoms with Crippen LogP contribution in [0.5, 0.6) is 0 Å². The number of carbonyl (C=O) groups excluding carboxylic acids is 1. The summed E-state index contributed by atoms with van der Waals surface area (Å²) in [5.74, 6) is -0.385. The van der Waals surface area contributed by atoms with Crippen molar-refractivity contribution in [2.24, 2.45) is 0 Å². The van der Waals surface area contributed by atoms with Crippen LogP contribution in [0.25, 0.3) is 0 Å². The molecule has 0 aliphatic carbocycles. The minimum Gasteiger partial charge on any atom is -0.429 e. The van der Waals surface area contributed by atoms with E-state index in [4.69, 9.17) is 5.11 Å². The zero-order valence-electron chi connectivity index (χ0n) is 9.32. The van der Waals surface area contributed by atoms with Crippen LogP contribution in [0, 0.1) is 0 Å². The van der Waals surface area contributed by atoms with E-state index in [2.05, 4.69) is 24.7 Å². The summed E-state index contributed by atoms with van der Waals surface area (Å²) in [5.41, 5.74) is 1.94. The summed E-state index contributed by atoms with van der Waals surface area (Å²) in [6, 6.07) is 0. The smallest absolute Gasteiger partial charge is 0.336 e. The highest BCUT2D eigenvalue weighted by molar-refractivity contribution is 5.90. The first-order valence-electron chi connectivity index (χ1n) is 5.39. The molecule has 0 spiro atoms. The maximum absolute atomic E-state index is 11.1. The molecule has 0 amide bonds. The third-order valence-corrected chi connectivity index (χ3v) is 2.38. The fourth-order valence-electron chi connectivity index (χ4n) is 1.62. The molecule has 0 aromatic heterocycles. The van der Waals surface area contributed by atoms with Gasteiger partial charge in [-0.15, -0.1) is 0 Å². The van der Waals surface area contributed by atoms with Crippen LogP contribution in [0.4, 0.5) is 0 Å². The Balaban J connectivity index is 2.35. The summed E-state index contributed by atoms with van der Waals surface area (Å²) in [6.07, 6.45) is 6.32. The zero-order chi connectivity index (χ0) is 11.3. The standard InChI is InChI=1S/C12H18O3/c1-3-5-9(2)6-4-7-10-8-11(13)15-12(10)14/h6,8,11,13H,3-5,7H2,1-2H3/b9-6+. The predicted molar refractivity (Wildman–Crippen MR) is 58.1 cm³/mol. The van der Waals surface area contributed by atoms with Crippen molar-refractivity contribution in [3.63, 3.8) is 0 Å². The van der Waals surface area contributed by atoms with Crippen LogP contribution in [0.15, 0.2) is 23.3 Å². The highest BCUT2D eigenvalue weighted by Crippen LogP contribution is 2.17. The number of hydrogen-bond acceptors (Lipinski definition) is 3. The predicted octanol–water partition coefficient (Wildman–Crippen LogP) is 2.31. The monoisotopic (exact) mass is 210 g/mol. The number of rotatable bonds is 5. The van der Waals surface area contributed by atoms with E-state index in [1.54, 1.807) is 0 Å². The van der Waals surface area contributed by atoms with Gasteiger partial charge in [0.2, 0.25) is 6.29 Å². The molecule has 0 bridgehead atoms. The summed E-state index contributed by atoms with van der Waals surface area (Å²) in [6.45, 7) is 4.24. The number of carbonyl (C=O) groups is 1. The number of allylic oxidation sites excluding steroid dienone is 2. The van der Waals surface area contributed by atoms with Gasteiger partial charge in [0.1, 0.15) is 0 Å². The second-order valence-electron chi connectivity index (χ2n) is 3.83. The highest BCUT2D eigenvalue weighted by Gasteiger charge is 2.22. The Labute approximate surface area is 90.4 Å². The van der Waals surface area contributed by atoms with Gasteiger partial charge in [-0.05, 0) is 32.3 Å². The Kier molecular flexibility index (Phi) is 4.56. The average molecular weight is 210 g/mol. The fraction of sp³-hybridized carbons (Fsp3) is 0.583. The first-order valence-corrected chi connectivity index (χ1v) is 5.39. The molecule has 1 N–H and O–H groups in total. The second-order valence-corrected chi connectivity index (χ2v) is 3.83. The Morgan fingerprint density at radius 1 is 1.67 bits per heavy atom. The quantitative estimate of drug-likeness (QED) is 0.559. The largest absolute Gasteiger partial charge is 0.429 e.